The molecule has 0 aliphatic carbocycles. The zero-order valence-corrected chi connectivity index (χ0v) is 12.5. The number of urea groups is 1. The summed E-state index contributed by atoms with van der Waals surface area (Å²) in [5.41, 5.74) is 2.80. The fraction of sp³-hybridized carbons (Fsp3) is 0.471. The first-order valence-corrected chi connectivity index (χ1v) is 7.85. The number of rotatable bonds is 1. The minimum atomic E-state index is -0.379. The van der Waals surface area contributed by atoms with E-state index in [2.05, 4.69) is 5.32 Å². The van der Waals surface area contributed by atoms with Gasteiger partial charge in [-0.05, 0) is 25.0 Å². The van der Waals surface area contributed by atoms with Gasteiger partial charge in [0.1, 0.15) is 0 Å². The molecule has 22 heavy (non-hydrogen) atoms. The third-order valence-electron chi connectivity index (χ3n) is 4.73. The van der Waals surface area contributed by atoms with Gasteiger partial charge in [-0.1, -0.05) is 18.2 Å². The molecule has 1 aromatic carbocycles. The van der Waals surface area contributed by atoms with Gasteiger partial charge in [0.2, 0.25) is 0 Å². The highest BCUT2D eigenvalue weighted by Gasteiger charge is 2.46. The summed E-state index contributed by atoms with van der Waals surface area (Å²) in [6, 6.07) is 9.75. The Morgan fingerprint density at radius 1 is 1.14 bits per heavy atom. The molecule has 3 aliphatic rings. The Bertz CT molecular complexity index is 606. The highest BCUT2D eigenvalue weighted by molar-refractivity contribution is 5.97. The number of carbonyl (C=O) groups excluding carboxylic acids is 1. The van der Waals surface area contributed by atoms with Crippen molar-refractivity contribution in [1.29, 1.82) is 0 Å². The molecule has 0 aromatic heterocycles. The van der Waals surface area contributed by atoms with Crippen LogP contribution in [0.2, 0.25) is 0 Å². The van der Waals surface area contributed by atoms with E-state index in [1.165, 1.54) is 5.57 Å². The summed E-state index contributed by atoms with van der Waals surface area (Å²) in [7, 11) is 0. The second-order valence-electron chi connectivity index (χ2n) is 6.07. The number of amides is 2. The number of carbonyl (C=O) groups is 1. The number of ether oxygens (including phenoxy) is 2. The third kappa shape index (κ3) is 2.12. The molecule has 1 unspecified atom stereocenters. The predicted molar refractivity (Wildman–Crippen MR) is 82.7 cm³/mol. The lowest BCUT2D eigenvalue weighted by atomic mass is 9.80. The first-order chi connectivity index (χ1) is 10.8. The minimum Gasteiger partial charge on any atom is -0.379 e. The number of nitrogens with one attached hydrogen (secondary N) is 1. The largest absolute Gasteiger partial charge is 0.379 e. The highest BCUT2D eigenvalue weighted by Crippen LogP contribution is 2.39. The van der Waals surface area contributed by atoms with Crippen molar-refractivity contribution in [3.05, 3.63) is 41.6 Å². The second kappa shape index (κ2) is 5.41. The van der Waals surface area contributed by atoms with Crippen molar-refractivity contribution >= 4 is 11.7 Å². The molecule has 5 heteroatoms. The standard InChI is InChI=1S/C17H20N2O3/c20-16-18-17(8-4-9-22-12-17)14-11-21-10-7-15(14)19(16)13-5-2-1-3-6-13/h1-3,5-6H,4,7-12H2,(H,18,20). The van der Waals surface area contributed by atoms with Crippen molar-refractivity contribution in [2.45, 2.75) is 24.8 Å². The molecule has 0 saturated carbocycles. The summed E-state index contributed by atoms with van der Waals surface area (Å²) in [4.78, 5) is 14.6. The molecule has 1 atom stereocenters. The molecule has 3 aliphatic heterocycles. The minimum absolute atomic E-state index is 0.0580. The molecule has 2 amide bonds. The van der Waals surface area contributed by atoms with Gasteiger partial charge in [-0.3, -0.25) is 4.90 Å². The SMILES string of the molecule is O=C1NC2(CCCOC2)C2=C(CCOC2)N1c1ccccc1. The fourth-order valence-electron chi connectivity index (χ4n) is 3.68. The zero-order chi connectivity index (χ0) is 15.0. The first kappa shape index (κ1) is 13.8. The number of nitrogens with zero attached hydrogens (tertiary/aromatic N) is 1. The molecular formula is C17H20N2O3. The molecule has 1 fully saturated rings. The van der Waals surface area contributed by atoms with E-state index in [-0.39, 0.29) is 11.6 Å². The van der Waals surface area contributed by atoms with Crippen LogP contribution in [0.3, 0.4) is 0 Å². The van der Waals surface area contributed by atoms with Crippen molar-refractivity contribution in [3.63, 3.8) is 0 Å². The van der Waals surface area contributed by atoms with Crippen LogP contribution in [0.5, 0.6) is 0 Å². The maximum absolute atomic E-state index is 12.8. The van der Waals surface area contributed by atoms with Crippen molar-refractivity contribution < 1.29 is 14.3 Å². The Labute approximate surface area is 129 Å². The van der Waals surface area contributed by atoms with Crippen LogP contribution in [-0.2, 0) is 9.47 Å². The normalized spacial score (nSPS) is 28.5. The van der Waals surface area contributed by atoms with Gasteiger partial charge in [-0.2, -0.15) is 0 Å². The summed E-state index contributed by atoms with van der Waals surface area (Å²) in [6.45, 7) is 2.54. The average molecular weight is 300 g/mol. The van der Waals surface area contributed by atoms with Crippen LogP contribution in [0.25, 0.3) is 0 Å². The van der Waals surface area contributed by atoms with Crippen LogP contribution in [0, 0.1) is 0 Å². The van der Waals surface area contributed by atoms with Gasteiger partial charge in [0.15, 0.2) is 0 Å². The molecule has 0 radical (unpaired) electrons. The lowest BCUT2D eigenvalue weighted by Crippen LogP contribution is -2.64. The van der Waals surface area contributed by atoms with Gasteiger partial charge in [0.25, 0.3) is 0 Å². The maximum Gasteiger partial charge on any atom is 0.327 e. The summed E-state index contributed by atoms with van der Waals surface area (Å²) in [5, 5.41) is 3.20. The van der Waals surface area contributed by atoms with Gasteiger partial charge in [-0.15, -0.1) is 0 Å². The van der Waals surface area contributed by atoms with Gasteiger partial charge in [0.05, 0.1) is 31.0 Å². The van der Waals surface area contributed by atoms with E-state index in [0.717, 1.165) is 37.3 Å². The van der Waals surface area contributed by atoms with Gasteiger partial charge in [-0.25, -0.2) is 4.79 Å². The molecular weight excluding hydrogens is 280 g/mol. The van der Waals surface area contributed by atoms with Gasteiger partial charge >= 0.3 is 6.03 Å². The van der Waals surface area contributed by atoms with Crippen LogP contribution < -0.4 is 10.2 Å². The van der Waals surface area contributed by atoms with Crippen molar-refractivity contribution in [3.8, 4) is 0 Å². The van der Waals surface area contributed by atoms with E-state index >= 15 is 0 Å². The van der Waals surface area contributed by atoms with E-state index < -0.39 is 0 Å². The smallest absolute Gasteiger partial charge is 0.327 e. The molecule has 1 saturated heterocycles. The first-order valence-electron chi connectivity index (χ1n) is 7.85. The molecule has 5 nitrogen and oxygen atoms in total. The van der Waals surface area contributed by atoms with E-state index in [1.54, 1.807) is 4.90 Å². The fourth-order valence-corrected chi connectivity index (χ4v) is 3.68. The van der Waals surface area contributed by atoms with Crippen molar-refractivity contribution in [1.82, 2.24) is 5.32 Å². The predicted octanol–water partition coefficient (Wildman–Crippen LogP) is 2.44. The van der Waals surface area contributed by atoms with E-state index in [4.69, 9.17) is 9.47 Å². The Balaban J connectivity index is 1.81. The molecule has 4 rings (SSSR count). The number of para-hydroxylation sites is 1. The monoisotopic (exact) mass is 300 g/mol. The van der Waals surface area contributed by atoms with Crippen molar-refractivity contribution in [2.75, 3.05) is 31.3 Å². The van der Waals surface area contributed by atoms with E-state index in [9.17, 15) is 4.79 Å². The van der Waals surface area contributed by atoms with Crippen LogP contribution in [0.1, 0.15) is 19.3 Å². The Morgan fingerprint density at radius 2 is 2.00 bits per heavy atom. The number of hydrogen-bond donors (Lipinski definition) is 1. The lowest BCUT2D eigenvalue weighted by Gasteiger charge is -2.48. The van der Waals surface area contributed by atoms with Gasteiger partial charge < -0.3 is 14.8 Å². The number of fused-ring (bicyclic) bond motifs is 1. The number of anilines is 1. The zero-order valence-electron chi connectivity index (χ0n) is 12.5. The van der Waals surface area contributed by atoms with Crippen LogP contribution in [-0.4, -0.2) is 38.0 Å². The quantitative estimate of drug-likeness (QED) is 0.866. The average Bonchev–Trinajstić information content (AvgIpc) is 2.57. The van der Waals surface area contributed by atoms with Crippen LogP contribution in [0.15, 0.2) is 41.6 Å². The second-order valence-corrected chi connectivity index (χ2v) is 6.07. The highest BCUT2D eigenvalue weighted by atomic mass is 16.5. The Kier molecular flexibility index (Phi) is 3.39. The van der Waals surface area contributed by atoms with E-state index in [1.807, 2.05) is 30.3 Å². The summed E-state index contributed by atoms with van der Waals surface area (Å²) in [5.74, 6) is 0. The van der Waals surface area contributed by atoms with Gasteiger partial charge in [0, 0.05) is 24.3 Å². The van der Waals surface area contributed by atoms with Crippen LogP contribution in [0.4, 0.5) is 10.5 Å². The number of hydrogen-bond acceptors (Lipinski definition) is 3. The molecule has 0 bridgehead atoms. The topological polar surface area (TPSA) is 50.8 Å². The lowest BCUT2D eigenvalue weighted by molar-refractivity contribution is 0.0256. The molecule has 1 aromatic rings. The summed E-state index contributed by atoms with van der Waals surface area (Å²) in [6.07, 6.45) is 2.64. The third-order valence-corrected chi connectivity index (χ3v) is 4.73. The maximum atomic E-state index is 12.8. The molecule has 3 heterocycles. The molecule has 1 N–H and O–H groups in total. The molecule has 116 valence electrons. The number of benzene rings is 1. The Morgan fingerprint density at radius 3 is 2.77 bits per heavy atom. The Hall–Kier alpha value is -1.85. The molecule has 1 spiro atoms. The summed E-state index contributed by atoms with van der Waals surface area (Å²) < 4.78 is 11.4. The van der Waals surface area contributed by atoms with E-state index in [0.29, 0.717) is 19.8 Å². The van der Waals surface area contributed by atoms with Crippen LogP contribution >= 0.6 is 0 Å². The van der Waals surface area contributed by atoms with Crippen molar-refractivity contribution in [2.24, 2.45) is 0 Å². The summed E-state index contributed by atoms with van der Waals surface area (Å²) >= 11 is 0.